The molecule has 3 rings (SSSR count). The summed E-state index contributed by atoms with van der Waals surface area (Å²) in [5, 5.41) is 19.8. The molecule has 2 aliphatic rings. The Morgan fingerprint density at radius 3 is 2.60 bits per heavy atom. The predicted molar refractivity (Wildman–Crippen MR) is 51.9 cm³/mol. The van der Waals surface area contributed by atoms with Crippen LogP contribution in [-0.2, 0) is 0 Å². The van der Waals surface area contributed by atoms with Crippen LogP contribution in [0.4, 0.5) is 5.95 Å². The first-order valence-electron chi connectivity index (χ1n) is 5.20. The average molecular weight is 208 g/mol. The molecular formula is C9H12N4O2. The highest BCUT2D eigenvalue weighted by Gasteiger charge is 2.33. The number of nitrogens with one attached hydrogen (secondary N) is 1. The molecule has 2 saturated carbocycles. The van der Waals surface area contributed by atoms with Gasteiger partial charge in [0.1, 0.15) is 0 Å². The minimum absolute atomic E-state index is 0.0562. The lowest BCUT2D eigenvalue weighted by molar-refractivity contribution is 0.0677. The number of rotatable bonds is 4. The van der Waals surface area contributed by atoms with Gasteiger partial charge in [0.15, 0.2) is 0 Å². The van der Waals surface area contributed by atoms with E-state index in [1.165, 1.54) is 0 Å². The molecule has 80 valence electrons. The Hall–Kier alpha value is -1.59. The number of anilines is 1. The van der Waals surface area contributed by atoms with Gasteiger partial charge in [0, 0.05) is 12.1 Å². The summed E-state index contributed by atoms with van der Waals surface area (Å²) in [5.41, 5.74) is 0. The molecule has 0 spiro atoms. The predicted octanol–water partition coefficient (Wildman–Crippen LogP) is 0.885. The number of nitrogens with zero attached hydrogens (tertiary/aromatic N) is 3. The molecule has 1 heterocycles. The quantitative estimate of drug-likeness (QED) is 0.767. The van der Waals surface area contributed by atoms with Crippen LogP contribution in [0.5, 0.6) is 0 Å². The van der Waals surface area contributed by atoms with Crippen LogP contribution in [0.2, 0.25) is 0 Å². The SMILES string of the molecule is O=C(O)c1nnc(NC2CC2)n1C1CC1. The van der Waals surface area contributed by atoms with Crippen molar-refractivity contribution in [1.82, 2.24) is 14.8 Å². The third-order valence-electron chi connectivity index (χ3n) is 2.71. The topological polar surface area (TPSA) is 80.0 Å². The molecule has 15 heavy (non-hydrogen) atoms. The van der Waals surface area contributed by atoms with E-state index in [1.54, 1.807) is 4.57 Å². The molecule has 2 fully saturated rings. The largest absolute Gasteiger partial charge is 0.475 e. The molecule has 0 aliphatic heterocycles. The van der Waals surface area contributed by atoms with Crippen molar-refractivity contribution >= 4 is 11.9 Å². The van der Waals surface area contributed by atoms with Gasteiger partial charge in [0.25, 0.3) is 0 Å². The normalized spacial score (nSPS) is 20.3. The molecule has 1 aromatic rings. The van der Waals surface area contributed by atoms with Gasteiger partial charge < -0.3 is 10.4 Å². The smallest absolute Gasteiger partial charge is 0.374 e. The number of carboxylic acids is 1. The average Bonchev–Trinajstić information content (AvgIpc) is 3.06. The molecule has 1 aromatic heterocycles. The molecule has 0 bridgehead atoms. The van der Waals surface area contributed by atoms with Crippen molar-refractivity contribution in [1.29, 1.82) is 0 Å². The number of aromatic carboxylic acids is 1. The maximum atomic E-state index is 10.9. The number of hydrogen-bond donors (Lipinski definition) is 2. The zero-order chi connectivity index (χ0) is 10.4. The van der Waals surface area contributed by atoms with E-state index < -0.39 is 5.97 Å². The second-order valence-electron chi connectivity index (χ2n) is 4.17. The van der Waals surface area contributed by atoms with Crippen molar-refractivity contribution in [3.05, 3.63) is 5.82 Å². The van der Waals surface area contributed by atoms with E-state index in [-0.39, 0.29) is 11.9 Å². The number of carbonyl (C=O) groups is 1. The molecule has 0 aromatic carbocycles. The molecule has 0 radical (unpaired) electrons. The van der Waals surface area contributed by atoms with Crippen LogP contribution in [0.3, 0.4) is 0 Å². The van der Waals surface area contributed by atoms with Gasteiger partial charge in [-0.3, -0.25) is 4.57 Å². The summed E-state index contributed by atoms with van der Waals surface area (Å²) >= 11 is 0. The van der Waals surface area contributed by atoms with Crippen molar-refractivity contribution < 1.29 is 9.90 Å². The number of carboxylic acid groups (broad SMARTS) is 1. The van der Waals surface area contributed by atoms with Crippen molar-refractivity contribution in [3.8, 4) is 0 Å². The number of hydrogen-bond acceptors (Lipinski definition) is 4. The third-order valence-corrected chi connectivity index (χ3v) is 2.71. The molecule has 2 aliphatic carbocycles. The van der Waals surface area contributed by atoms with Gasteiger partial charge in [-0.1, -0.05) is 0 Å². The molecule has 6 nitrogen and oxygen atoms in total. The Kier molecular flexibility index (Phi) is 1.71. The van der Waals surface area contributed by atoms with Crippen LogP contribution in [0.1, 0.15) is 42.3 Å². The molecule has 6 heteroatoms. The zero-order valence-corrected chi connectivity index (χ0v) is 8.18. The summed E-state index contributed by atoms with van der Waals surface area (Å²) in [6.07, 6.45) is 4.33. The van der Waals surface area contributed by atoms with Crippen LogP contribution in [0.15, 0.2) is 0 Å². The summed E-state index contributed by atoms with van der Waals surface area (Å²) in [6, 6.07) is 0.751. The standard InChI is InChI=1S/C9H12N4O2/c14-8(15)7-11-12-9(10-5-1-2-5)13(7)6-3-4-6/h5-6H,1-4H2,(H,10,12)(H,14,15). The lowest BCUT2D eigenvalue weighted by atomic mass is 10.5. The third kappa shape index (κ3) is 1.55. The summed E-state index contributed by atoms with van der Waals surface area (Å²) in [7, 11) is 0. The first kappa shape index (κ1) is 8.70. The second-order valence-corrected chi connectivity index (χ2v) is 4.17. The molecular weight excluding hydrogens is 196 g/mol. The van der Waals surface area contributed by atoms with E-state index in [1.807, 2.05) is 0 Å². The van der Waals surface area contributed by atoms with E-state index in [9.17, 15) is 4.79 Å². The van der Waals surface area contributed by atoms with Gasteiger partial charge in [0.2, 0.25) is 11.8 Å². The Morgan fingerprint density at radius 1 is 1.33 bits per heavy atom. The van der Waals surface area contributed by atoms with Crippen molar-refractivity contribution in [2.75, 3.05) is 5.32 Å². The maximum Gasteiger partial charge on any atom is 0.374 e. The Balaban J connectivity index is 1.93. The lowest BCUT2D eigenvalue weighted by Crippen LogP contribution is -2.13. The van der Waals surface area contributed by atoms with Crippen molar-refractivity contribution in [2.45, 2.75) is 37.8 Å². The minimum Gasteiger partial charge on any atom is -0.475 e. The number of aromatic nitrogens is 3. The fourth-order valence-electron chi connectivity index (χ4n) is 1.62. The Bertz CT molecular complexity index is 406. The maximum absolute atomic E-state index is 10.9. The highest BCUT2D eigenvalue weighted by atomic mass is 16.4. The van der Waals surface area contributed by atoms with Gasteiger partial charge in [-0.15, -0.1) is 10.2 Å². The first-order valence-corrected chi connectivity index (χ1v) is 5.20. The summed E-state index contributed by atoms with van der Waals surface area (Å²) in [5.74, 6) is -0.323. The van der Waals surface area contributed by atoms with E-state index in [0.29, 0.717) is 12.0 Å². The Labute approximate surface area is 86.3 Å². The second kappa shape index (κ2) is 2.95. The molecule has 0 atom stereocenters. The lowest BCUT2D eigenvalue weighted by Gasteiger charge is -2.07. The van der Waals surface area contributed by atoms with Gasteiger partial charge in [-0.25, -0.2) is 4.79 Å². The van der Waals surface area contributed by atoms with Gasteiger partial charge >= 0.3 is 5.97 Å². The minimum atomic E-state index is -1.00. The zero-order valence-electron chi connectivity index (χ0n) is 8.18. The highest BCUT2D eigenvalue weighted by molar-refractivity contribution is 5.84. The summed E-state index contributed by atoms with van der Waals surface area (Å²) in [6.45, 7) is 0. The van der Waals surface area contributed by atoms with Crippen LogP contribution >= 0.6 is 0 Å². The van der Waals surface area contributed by atoms with Gasteiger partial charge in [-0.05, 0) is 25.7 Å². The van der Waals surface area contributed by atoms with Crippen molar-refractivity contribution in [2.24, 2.45) is 0 Å². The van der Waals surface area contributed by atoms with E-state index in [4.69, 9.17) is 5.11 Å². The monoisotopic (exact) mass is 208 g/mol. The van der Waals surface area contributed by atoms with Gasteiger partial charge in [0.05, 0.1) is 0 Å². The fraction of sp³-hybridized carbons (Fsp3) is 0.667. The van der Waals surface area contributed by atoms with Gasteiger partial charge in [-0.2, -0.15) is 0 Å². The molecule has 0 unspecified atom stereocenters. The van der Waals surface area contributed by atoms with Crippen LogP contribution in [0, 0.1) is 0 Å². The fourth-order valence-corrected chi connectivity index (χ4v) is 1.62. The Morgan fingerprint density at radius 2 is 2.07 bits per heavy atom. The van der Waals surface area contributed by atoms with Crippen LogP contribution in [-0.4, -0.2) is 31.9 Å². The highest BCUT2D eigenvalue weighted by Crippen LogP contribution is 2.38. The summed E-state index contributed by atoms with van der Waals surface area (Å²) in [4.78, 5) is 10.9. The first-order chi connectivity index (χ1) is 7.25. The molecule has 0 saturated heterocycles. The van der Waals surface area contributed by atoms with Crippen LogP contribution < -0.4 is 5.32 Å². The van der Waals surface area contributed by atoms with E-state index in [2.05, 4.69) is 15.5 Å². The van der Waals surface area contributed by atoms with E-state index in [0.717, 1.165) is 25.7 Å². The summed E-state index contributed by atoms with van der Waals surface area (Å²) < 4.78 is 1.72. The van der Waals surface area contributed by atoms with Crippen molar-refractivity contribution in [3.63, 3.8) is 0 Å². The molecule has 0 amide bonds. The van der Waals surface area contributed by atoms with E-state index >= 15 is 0 Å². The molecule has 2 N–H and O–H groups in total. The van der Waals surface area contributed by atoms with Crippen LogP contribution in [0.25, 0.3) is 0 Å².